The number of carbonyl (C=O) groups is 1. The molecule has 29 heavy (non-hydrogen) atoms. The predicted molar refractivity (Wildman–Crippen MR) is 109 cm³/mol. The van der Waals surface area contributed by atoms with Gasteiger partial charge in [-0.2, -0.15) is 9.78 Å². The molecule has 0 atom stereocenters. The third-order valence-corrected chi connectivity index (χ3v) is 4.85. The van der Waals surface area contributed by atoms with Crippen molar-refractivity contribution in [1.82, 2.24) is 19.6 Å². The molecule has 1 N–H and O–H groups in total. The van der Waals surface area contributed by atoms with Crippen LogP contribution in [0, 0.1) is 30.9 Å². The molecule has 0 aliphatic carbocycles. The Labute approximate surface area is 172 Å². The minimum absolute atomic E-state index is 0.140. The molecule has 3 rings (SSSR count). The summed E-state index contributed by atoms with van der Waals surface area (Å²) in [5.74, 6) is -0.433. The molecular formula is C19H21ClN6O3. The highest BCUT2D eigenvalue weighted by molar-refractivity contribution is 6.30. The summed E-state index contributed by atoms with van der Waals surface area (Å²) >= 11 is 5.92. The largest absolute Gasteiger partial charge is 0.390 e. The van der Waals surface area contributed by atoms with E-state index in [-0.39, 0.29) is 24.7 Å². The molecule has 9 nitrogen and oxygen atoms in total. The maximum atomic E-state index is 12.4. The van der Waals surface area contributed by atoms with Gasteiger partial charge in [0.05, 0.1) is 47.0 Å². The Kier molecular flexibility index (Phi) is 5.97. The summed E-state index contributed by atoms with van der Waals surface area (Å²) in [5, 5.41) is 22.8. The summed E-state index contributed by atoms with van der Waals surface area (Å²) in [6.45, 7) is 6.26. The molecule has 0 aliphatic heterocycles. The van der Waals surface area contributed by atoms with E-state index in [4.69, 9.17) is 11.6 Å². The molecular weight excluding hydrogens is 396 g/mol. The van der Waals surface area contributed by atoms with E-state index in [2.05, 4.69) is 15.5 Å². The van der Waals surface area contributed by atoms with Crippen molar-refractivity contribution in [3.05, 3.63) is 68.1 Å². The Hall–Kier alpha value is -3.20. The third kappa shape index (κ3) is 4.80. The van der Waals surface area contributed by atoms with Crippen molar-refractivity contribution in [1.29, 1.82) is 0 Å². The highest BCUT2D eigenvalue weighted by atomic mass is 35.5. The van der Waals surface area contributed by atoms with Gasteiger partial charge in [0.25, 0.3) is 0 Å². The smallest absolute Gasteiger partial charge is 0.358 e. The monoisotopic (exact) mass is 416 g/mol. The number of nitrogens with zero attached hydrogens (tertiary/aromatic N) is 5. The second kappa shape index (κ2) is 8.44. The van der Waals surface area contributed by atoms with Crippen molar-refractivity contribution >= 4 is 29.0 Å². The standard InChI is InChI=1S/C19H21ClN6O3/c1-12-10-17(26(28)29)23-24(12)9-8-18(27)21-19-13(2)22-25(14(19)3)11-15-4-6-16(20)7-5-15/h4-7,10H,8-9,11H2,1-3H3,(H,21,27). The minimum atomic E-state index is -0.550. The van der Waals surface area contributed by atoms with E-state index < -0.39 is 4.92 Å². The Morgan fingerprint density at radius 2 is 1.86 bits per heavy atom. The summed E-state index contributed by atoms with van der Waals surface area (Å²) in [4.78, 5) is 22.7. The van der Waals surface area contributed by atoms with Gasteiger partial charge in [-0.15, -0.1) is 0 Å². The first-order valence-electron chi connectivity index (χ1n) is 9.01. The molecule has 2 aromatic heterocycles. The molecule has 10 heteroatoms. The van der Waals surface area contributed by atoms with Gasteiger partial charge >= 0.3 is 5.82 Å². The van der Waals surface area contributed by atoms with Gasteiger partial charge in [-0.05, 0) is 43.4 Å². The maximum Gasteiger partial charge on any atom is 0.390 e. The summed E-state index contributed by atoms with van der Waals surface area (Å²) in [6.07, 6.45) is 0.140. The van der Waals surface area contributed by atoms with Crippen LogP contribution in [0.2, 0.25) is 5.02 Å². The van der Waals surface area contributed by atoms with Crippen molar-refractivity contribution in [2.75, 3.05) is 5.32 Å². The number of nitrogens with one attached hydrogen (secondary N) is 1. The average molecular weight is 417 g/mol. The molecule has 0 bridgehead atoms. The van der Waals surface area contributed by atoms with Crippen molar-refractivity contribution < 1.29 is 9.72 Å². The number of hydrogen-bond donors (Lipinski definition) is 1. The van der Waals surface area contributed by atoms with Gasteiger partial charge in [0.1, 0.15) is 0 Å². The predicted octanol–water partition coefficient (Wildman–Crippen LogP) is 3.64. The molecule has 152 valence electrons. The number of nitro groups is 1. The van der Waals surface area contributed by atoms with Crippen LogP contribution in [0.4, 0.5) is 11.5 Å². The first-order valence-corrected chi connectivity index (χ1v) is 9.39. The van der Waals surface area contributed by atoms with Crippen molar-refractivity contribution in [2.45, 2.75) is 40.3 Å². The fourth-order valence-corrected chi connectivity index (χ4v) is 3.14. The van der Waals surface area contributed by atoms with Gasteiger partial charge in [0.15, 0.2) is 0 Å². The van der Waals surface area contributed by atoms with Crippen LogP contribution in [0.25, 0.3) is 0 Å². The summed E-state index contributed by atoms with van der Waals surface area (Å²) < 4.78 is 3.29. The average Bonchev–Trinajstić information content (AvgIpc) is 3.17. The van der Waals surface area contributed by atoms with E-state index in [1.54, 1.807) is 6.92 Å². The fraction of sp³-hybridized carbons (Fsp3) is 0.316. The molecule has 0 spiro atoms. The van der Waals surface area contributed by atoms with Crippen LogP contribution in [0.1, 0.15) is 29.1 Å². The zero-order valence-electron chi connectivity index (χ0n) is 16.3. The van der Waals surface area contributed by atoms with E-state index >= 15 is 0 Å². The SMILES string of the molecule is Cc1nn(Cc2ccc(Cl)cc2)c(C)c1NC(=O)CCn1nc([N+](=O)[O-])cc1C. The van der Waals surface area contributed by atoms with Crippen molar-refractivity contribution in [3.8, 4) is 0 Å². The van der Waals surface area contributed by atoms with Gasteiger partial charge in [-0.3, -0.25) is 9.48 Å². The number of benzene rings is 1. The lowest BCUT2D eigenvalue weighted by molar-refractivity contribution is -0.389. The van der Waals surface area contributed by atoms with Crippen LogP contribution in [0.3, 0.4) is 0 Å². The number of halogens is 1. The van der Waals surface area contributed by atoms with Crippen LogP contribution >= 0.6 is 11.6 Å². The first kappa shape index (κ1) is 20.5. The summed E-state index contributed by atoms with van der Waals surface area (Å²) in [6, 6.07) is 8.90. The number of anilines is 1. The molecule has 0 aliphatic rings. The van der Waals surface area contributed by atoms with Gasteiger partial charge in [-0.1, -0.05) is 23.7 Å². The molecule has 0 radical (unpaired) electrons. The molecule has 3 aromatic rings. The number of aryl methyl sites for hydroxylation is 3. The van der Waals surface area contributed by atoms with Gasteiger partial charge in [0, 0.05) is 11.4 Å². The lowest BCUT2D eigenvalue weighted by Gasteiger charge is -2.07. The first-order chi connectivity index (χ1) is 13.7. The molecule has 0 fully saturated rings. The Balaban J connectivity index is 1.65. The van der Waals surface area contributed by atoms with Gasteiger partial charge in [-0.25, -0.2) is 0 Å². The topological polar surface area (TPSA) is 108 Å². The van der Waals surface area contributed by atoms with Crippen molar-refractivity contribution in [3.63, 3.8) is 0 Å². The highest BCUT2D eigenvalue weighted by Crippen LogP contribution is 2.21. The van der Waals surface area contributed by atoms with Crippen LogP contribution < -0.4 is 5.32 Å². The number of aromatic nitrogens is 4. The lowest BCUT2D eigenvalue weighted by atomic mass is 10.2. The molecule has 0 saturated heterocycles. The summed E-state index contributed by atoms with van der Waals surface area (Å²) in [7, 11) is 0. The van der Waals surface area contributed by atoms with E-state index in [9.17, 15) is 14.9 Å². The summed E-state index contributed by atoms with van der Waals surface area (Å²) in [5.41, 5.74) is 3.92. The van der Waals surface area contributed by atoms with Gasteiger partial charge in [0.2, 0.25) is 5.91 Å². The van der Waals surface area contributed by atoms with Crippen LogP contribution in [0.5, 0.6) is 0 Å². The molecule has 2 heterocycles. The normalized spacial score (nSPS) is 10.9. The molecule has 0 saturated carbocycles. The van der Waals surface area contributed by atoms with E-state index in [0.717, 1.165) is 17.0 Å². The Morgan fingerprint density at radius 3 is 2.48 bits per heavy atom. The van der Waals surface area contributed by atoms with E-state index in [1.165, 1.54) is 10.7 Å². The zero-order valence-corrected chi connectivity index (χ0v) is 17.1. The maximum absolute atomic E-state index is 12.4. The number of hydrogen-bond acceptors (Lipinski definition) is 5. The van der Waals surface area contributed by atoms with Crippen molar-refractivity contribution in [2.24, 2.45) is 0 Å². The second-order valence-corrected chi connectivity index (χ2v) is 7.19. The Morgan fingerprint density at radius 1 is 1.17 bits per heavy atom. The molecule has 1 amide bonds. The molecule has 1 aromatic carbocycles. The number of rotatable bonds is 7. The van der Waals surface area contributed by atoms with Gasteiger partial charge < -0.3 is 15.4 Å². The highest BCUT2D eigenvalue weighted by Gasteiger charge is 2.18. The Bertz CT molecular complexity index is 1050. The third-order valence-electron chi connectivity index (χ3n) is 4.60. The quantitative estimate of drug-likeness (QED) is 0.467. The van der Waals surface area contributed by atoms with Crippen LogP contribution in [0.15, 0.2) is 30.3 Å². The fourth-order valence-electron chi connectivity index (χ4n) is 3.01. The second-order valence-electron chi connectivity index (χ2n) is 6.75. The van der Waals surface area contributed by atoms with E-state index in [1.807, 2.05) is 42.8 Å². The number of carbonyl (C=O) groups excluding carboxylic acids is 1. The van der Waals surface area contributed by atoms with Crippen LogP contribution in [-0.2, 0) is 17.9 Å². The van der Waals surface area contributed by atoms with Crippen LogP contribution in [-0.4, -0.2) is 30.4 Å². The number of amides is 1. The lowest BCUT2D eigenvalue weighted by Crippen LogP contribution is -2.16. The molecule has 0 unspecified atom stereocenters. The zero-order chi connectivity index (χ0) is 21.1. The minimum Gasteiger partial charge on any atom is -0.358 e. The van der Waals surface area contributed by atoms with E-state index in [0.29, 0.717) is 22.9 Å².